The summed E-state index contributed by atoms with van der Waals surface area (Å²) in [5, 5.41) is 26.2. The highest BCUT2D eigenvalue weighted by Gasteiger charge is 2.35. The molecule has 2 atom stereocenters. The summed E-state index contributed by atoms with van der Waals surface area (Å²) in [6, 6.07) is 26.3. The van der Waals surface area contributed by atoms with E-state index in [1.54, 1.807) is 83.8 Å². The number of hydrogen-bond acceptors (Lipinski definition) is 13. The van der Waals surface area contributed by atoms with Crippen molar-refractivity contribution in [2.24, 2.45) is 30.7 Å². The second-order valence-electron chi connectivity index (χ2n) is 14.6. The zero-order valence-corrected chi connectivity index (χ0v) is 36.7. The van der Waals surface area contributed by atoms with Crippen molar-refractivity contribution in [2.45, 2.75) is 97.4 Å². The van der Waals surface area contributed by atoms with E-state index >= 15 is 0 Å². The largest absolute Gasteiger partial charge is 0.423 e. The molecule has 2 unspecified atom stereocenters. The Hall–Kier alpha value is -6.57. The molecule has 0 amide bonds. The van der Waals surface area contributed by atoms with Crippen LogP contribution in [0.15, 0.2) is 160 Å². The van der Waals surface area contributed by atoms with Crippen LogP contribution in [0, 0.1) is 6.92 Å². The Morgan fingerprint density at radius 2 is 0.952 bits per heavy atom. The van der Waals surface area contributed by atoms with E-state index < -0.39 is 18.4 Å². The number of aryl methyl sites for hydroxylation is 1. The molecule has 0 aliphatic carbocycles. The molecule has 13 heteroatoms. The van der Waals surface area contributed by atoms with E-state index in [0.29, 0.717) is 58.8 Å². The van der Waals surface area contributed by atoms with E-state index in [4.69, 9.17) is 14.2 Å². The Labute approximate surface area is 371 Å². The maximum atomic E-state index is 13.4. The van der Waals surface area contributed by atoms with E-state index in [1.165, 1.54) is 12.2 Å². The van der Waals surface area contributed by atoms with Crippen LogP contribution >= 0.6 is 0 Å². The lowest BCUT2D eigenvalue weighted by molar-refractivity contribution is -0.134. The Morgan fingerprint density at radius 1 is 0.540 bits per heavy atom. The monoisotopic (exact) mass is 853 g/mol. The number of nitrogens with zero attached hydrogens (tertiary/aromatic N) is 7. The van der Waals surface area contributed by atoms with Gasteiger partial charge < -0.3 is 19.1 Å². The minimum absolute atomic E-state index is 0.334. The van der Waals surface area contributed by atoms with Gasteiger partial charge in [-0.1, -0.05) is 85.0 Å². The second-order valence-corrected chi connectivity index (χ2v) is 14.6. The smallest absolute Gasteiger partial charge is 0.335 e. The molecule has 4 rings (SSSR count). The van der Waals surface area contributed by atoms with Gasteiger partial charge in [0.15, 0.2) is 12.5 Å². The van der Waals surface area contributed by atoms with Crippen molar-refractivity contribution in [3.63, 3.8) is 0 Å². The highest BCUT2D eigenvalue weighted by Crippen LogP contribution is 2.31. The summed E-state index contributed by atoms with van der Waals surface area (Å²) in [6.45, 7) is 17.7. The molecule has 0 N–H and O–H groups in total. The van der Waals surface area contributed by atoms with Gasteiger partial charge in [-0.05, 0) is 128 Å². The molecule has 4 aromatic rings. The first-order valence-electron chi connectivity index (χ1n) is 21.5. The standard InChI is InChI=1S/C50H59N7O6/c1-7-12-14-16-18-34-61-49(46(58)9-3)57(50(47(59)10-4)62-35-19-17-15-13-8-2)43-29-24-40(25-30-43)53-55-42-28-33-45(37(6)36-42)56-54-39-22-20-38(21-23-39)51-52-41-26-31-44(32-27-41)63-48(60)11-5/h9-11,20-33,36,49-50H,3-5,7-8,12-19,34-35H2,1-2,6H3. The summed E-state index contributed by atoms with van der Waals surface area (Å²) < 4.78 is 17.5. The maximum absolute atomic E-state index is 13.4. The molecule has 4 aromatic carbocycles. The number of hydrogen-bond donors (Lipinski definition) is 0. The number of unbranched alkanes of at least 4 members (excludes halogenated alkanes) is 8. The average Bonchev–Trinajstić information content (AvgIpc) is 3.31. The van der Waals surface area contributed by atoms with Gasteiger partial charge >= 0.3 is 5.97 Å². The van der Waals surface area contributed by atoms with E-state index in [0.717, 1.165) is 75.8 Å². The highest BCUT2D eigenvalue weighted by molar-refractivity contribution is 5.99. The molecule has 63 heavy (non-hydrogen) atoms. The Morgan fingerprint density at radius 3 is 1.40 bits per heavy atom. The summed E-state index contributed by atoms with van der Waals surface area (Å²) >= 11 is 0. The van der Waals surface area contributed by atoms with Crippen LogP contribution in [0.2, 0.25) is 0 Å². The Kier molecular flexibility index (Phi) is 21.3. The van der Waals surface area contributed by atoms with E-state index in [1.807, 2.05) is 19.1 Å². The summed E-state index contributed by atoms with van der Waals surface area (Å²) in [5.74, 6) is -0.911. The third kappa shape index (κ3) is 16.7. The van der Waals surface area contributed by atoms with Crippen LogP contribution in [-0.2, 0) is 23.9 Å². The average molecular weight is 854 g/mol. The van der Waals surface area contributed by atoms with Crippen LogP contribution in [0.1, 0.15) is 83.6 Å². The number of ketones is 2. The van der Waals surface area contributed by atoms with Crippen molar-refractivity contribution in [1.82, 2.24) is 0 Å². The number of benzene rings is 4. The number of rotatable bonds is 29. The quantitative estimate of drug-likeness (QED) is 0.0131. The van der Waals surface area contributed by atoms with Crippen molar-refractivity contribution in [2.75, 3.05) is 18.1 Å². The molecule has 0 heterocycles. The SMILES string of the molecule is C=CC(=O)Oc1ccc(N=Nc2ccc(N=Nc3ccc(N=Nc4ccc(N(C(OCCCCCCC)C(=O)C=C)C(OCCCCCCC)C(=O)C=C)cc4)cc3C)cc2)cc1. The van der Waals surface area contributed by atoms with E-state index in [9.17, 15) is 14.4 Å². The zero-order valence-electron chi connectivity index (χ0n) is 36.7. The summed E-state index contributed by atoms with van der Waals surface area (Å²) in [4.78, 5) is 39.8. The number of carbonyl (C=O) groups is 3. The topological polar surface area (TPSA) is 156 Å². The van der Waals surface area contributed by atoms with Crippen LogP contribution in [0.25, 0.3) is 0 Å². The number of azo groups is 3. The Bertz CT molecular complexity index is 2140. The van der Waals surface area contributed by atoms with Gasteiger partial charge in [0.1, 0.15) is 5.75 Å². The second kappa shape index (κ2) is 27.4. The highest BCUT2D eigenvalue weighted by atomic mass is 16.5. The molecule has 0 aliphatic heterocycles. The van der Waals surface area contributed by atoms with Crippen molar-refractivity contribution in [3.8, 4) is 5.75 Å². The number of ether oxygens (including phenoxy) is 3. The third-order valence-corrected chi connectivity index (χ3v) is 9.68. The van der Waals surface area contributed by atoms with Gasteiger partial charge in [-0.3, -0.25) is 9.59 Å². The van der Waals surface area contributed by atoms with Gasteiger partial charge in [-0.2, -0.15) is 30.7 Å². The van der Waals surface area contributed by atoms with Crippen LogP contribution in [0.4, 0.5) is 39.8 Å². The van der Waals surface area contributed by atoms with Crippen LogP contribution in [-0.4, -0.2) is 43.2 Å². The zero-order chi connectivity index (χ0) is 45.2. The van der Waals surface area contributed by atoms with Gasteiger partial charge in [-0.25, -0.2) is 4.79 Å². The maximum Gasteiger partial charge on any atom is 0.335 e. The lowest BCUT2D eigenvalue weighted by atomic mass is 10.1. The first-order chi connectivity index (χ1) is 30.7. The van der Waals surface area contributed by atoms with Crippen molar-refractivity contribution in [1.29, 1.82) is 0 Å². The van der Waals surface area contributed by atoms with Gasteiger partial charge in [0.05, 0.1) is 34.1 Å². The fourth-order valence-electron chi connectivity index (χ4n) is 6.17. The first-order valence-corrected chi connectivity index (χ1v) is 21.5. The first kappa shape index (κ1) is 49.1. The van der Waals surface area contributed by atoms with E-state index in [2.05, 4.69) is 64.3 Å². The molecule has 0 spiro atoms. The van der Waals surface area contributed by atoms with Gasteiger partial charge in [0.2, 0.25) is 11.6 Å². The summed E-state index contributed by atoms with van der Waals surface area (Å²) in [7, 11) is 0. The molecule has 0 aliphatic rings. The van der Waals surface area contributed by atoms with Gasteiger partial charge in [-0.15, -0.1) is 0 Å². The van der Waals surface area contributed by atoms with Crippen molar-refractivity contribution in [3.05, 3.63) is 135 Å². The molecule has 0 fully saturated rings. The molecule has 13 nitrogen and oxygen atoms in total. The third-order valence-electron chi connectivity index (χ3n) is 9.68. The fraction of sp³-hybridized carbons (Fsp3) is 0.340. The lowest BCUT2D eigenvalue weighted by Crippen LogP contribution is -2.53. The molecule has 0 saturated heterocycles. The predicted octanol–water partition coefficient (Wildman–Crippen LogP) is 14.3. The summed E-state index contributed by atoms with van der Waals surface area (Å²) in [5.41, 5.74) is 5.09. The molecule has 330 valence electrons. The van der Waals surface area contributed by atoms with Crippen LogP contribution in [0.3, 0.4) is 0 Å². The number of esters is 1. The van der Waals surface area contributed by atoms with Crippen molar-refractivity contribution >= 4 is 57.3 Å². The van der Waals surface area contributed by atoms with E-state index in [-0.39, 0.29) is 11.6 Å². The van der Waals surface area contributed by atoms with Gasteiger partial charge in [0.25, 0.3) is 0 Å². The number of carbonyl (C=O) groups excluding carboxylic acids is 3. The minimum atomic E-state index is -1.14. The lowest BCUT2D eigenvalue weighted by Gasteiger charge is -2.37. The van der Waals surface area contributed by atoms with Crippen molar-refractivity contribution < 1.29 is 28.6 Å². The minimum Gasteiger partial charge on any atom is -0.423 e. The molecule has 0 bridgehead atoms. The molecular formula is C50H59N7O6. The molecule has 0 saturated carbocycles. The Balaban J connectivity index is 1.45. The normalized spacial score (nSPS) is 12.4. The van der Waals surface area contributed by atoms with Crippen LogP contribution < -0.4 is 9.64 Å². The fourth-order valence-corrected chi connectivity index (χ4v) is 6.17. The molecular weight excluding hydrogens is 795 g/mol. The van der Waals surface area contributed by atoms with Crippen LogP contribution in [0.5, 0.6) is 5.75 Å². The molecule has 0 radical (unpaired) electrons. The predicted molar refractivity (Wildman–Crippen MR) is 249 cm³/mol. The molecule has 0 aromatic heterocycles. The van der Waals surface area contributed by atoms with Gasteiger partial charge in [0, 0.05) is 25.0 Å². The number of anilines is 1. The summed E-state index contributed by atoms with van der Waals surface area (Å²) in [6.07, 6.45) is 11.4.